The van der Waals surface area contributed by atoms with Gasteiger partial charge in [0.05, 0.1) is 0 Å². The molecule has 0 aliphatic heterocycles. The summed E-state index contributed by atoms with van der Waals surface area (Å²) >= 11 is 7.97. The molecule has 0 aromatic rings. The first-order valence-corrected chi connectivity index (χ1v) is 4.59. The summed E-state index contributed by atoms with van der Waals surface area (Å²) < 4.78 is 0. The molecule has 0 aliphatic rings. The molecule has 0 fully saturated rings. The van der Waals surface area contributed by atoms with Crippen LogP contribution in [-0.4, -0.2) is 11.0 Å². The number of hydrogen-bond acceptors (Lipinski definition) is 2. The Labute approximate surface area is 70.2 Å². The summed E-state index contributed by atoms with van der Waals surface area (Å²) in [5.41, 5.74) is 0. The molecule has 58 valence electrons. The van der Waals surface area contributed by atoms with Crippen LogP contribution in [0.1, 0.15) is 33.6 Å². The zero-order valence-corrected chi connectivity index (χ0v) is 8.38. The number of thiol groups is 2. The Morgan fingerprint density at radius 2 is 1.67 bits per heavy atom. The van der Waals surface area contributed by atoms with Crippen LogP contribution in [0.3, 0.4) is 0 Å². The fourth-order valence-electron chi connectivity index (χ4n) is 0.158. The quantitative estimate of drug-likeness (QED) is 0.579. The third kappa shape index (κ3) is 53.6. The van der Waals surface area contributed by atoms with Gasteiger partial charge in [-0.3, -0.25) is 0 Å². The smallest absolute Gasteiger partial charge is 0.00399 e. The van der Waals surface area contributed by atoms with E-state index in [4.69, 9.17) is 0 Å². The molecule has 0 saturated carbocycles. The minimum atomic E-state index is 0.528. The summed E-state index contributed by atoms with van der Waals surface area (Å²) in [5.74, 6) is 1.04. The number of rotatable bonds is 2. The van der Waals surface area contributed by atoms with E-state index in [1.165, 1.54) is 12.8 Å². The summed E-state index contributed by atoms with van der Waals surface area (Å²) in [7, 11) is 0. The van der Waals surface area contributed by atoms with Crippen molar-refractivity contribution in [2.45, 2.75) is 38.9 Å². The molecule has 0 unspecified atom stereocenters. The Morgan fingerprint density at radius 3 is 1.67 bits per heavy atom. The molecule has 0 radical (unpaired) electrons. The molecule has 2 heteroatoms. The van der Waals surface area contributed by atoms with Gasteiger partial charge in [-0.15, -0.1) is 0 Å². The lowest BCUT2D eigenvalue weighted by Gasteiger charge is -1.78. The van der Waals surface area contributed by atoms with Crippen molar-refractivity contribution >= 4 is 25.3 Å². The van der Waals surface area contributed by atoms with E-state index in [-0.39, 0.29) is 0 Å². The molecule has 0 aliphatic carbocycles. The summed E-state index contributed by atoms with van der Waals surface area (Å²) in [6, 6.07) is 0. The Morgan fingerprint density at radius 1 is 1.33 bits per heavy atom. The first-order chi connectivity index (χ1) is 4.15. The van der Waals surface area contributed by atoms with Crippen LogP contribution in [0.15, 0.2) is 0 Å². The second-order valence-electron chi connectivity index (χ2n) is 2.17. The topological polar surface area (TPSA) is 0 Å². The normalized spacial score (nSPS) is 8.67. The Balaban J connectivity index is 0. The van der Waals surface area contributed by atoms with Gasteiger partial charge in [0.1, 0.15) is 0 Å². The average Bonchev–Trinajstić information content (AvgIpc) is 1.66. The monoisotopic (exact) mass is 166 g/mol. The zero-order chi connectivity index (χ0) is 7.70. The molecule has 0 rings (SSSR count). The number of unbranched alkanes of at least 4 members (excludes halogenated alkanes) is 1. The Hall–Kier alpha value is 0.700. The zero-order valence-electron chi connectivity index (χ0n) is 6.59. The van der Waals surface area contributed by atoms with Crippen LogP contribution in [0.5, 0.6) is 0 Å². The van der Waals surface area contributed by atoms with E-state index in [1.807, 2.05) is 13.8 Å². The van der Waals surface area contributed by atoms with E-state index >= 15 is 0 Å². The second-order valence-corrected chi connectivity index (χ2v) is 3.65. The van der Waals surface area contributed by atoms with Gasteiger partial charge in [-0.1, -0.05) is 27.2 Å². The highest BCUT2D eigenvalue weighted by Gasteiger charge is 1.69. The summed E-state index contributed by atoms with van der Waals surface area (Å²) in [6.45, 7) is 6.22. The van der Waals surface area contributed by atoms with E-state index < -0.39 is 0 Å². The third-order valence-electron chi connectivity index (χ3n) is 0.512. The molecule has 0 saturated heterocycles. The van der Waals surface area contributed by atoms with Crippen LogP contribution in [0.2, 0.25) is 0 Å². The maximum absolute atomic E-state index is 4.00. The molecule has 0 aromatic heterocycles. The van der Waals surface area contributed by atoms with Gasteiger partial charge >= 0.3 is 0 Å². The van der Waals surface area contributed by atoms with Crippen molar-refractivity contribution < 1.29 is 0 Å². The SMILES string of the molecule is CC(C)S.CCCCS. The van der Waals surface area contributed by atoms with Gasteiger partial charge in [-0.2, -0.15) is 25.3 Å². The molecule has 0 nitrogen and oxygen atoms in total. The lowest BCUT2D eigenvalue weighted by molar-refractivity contribution is 0.899. The molecule has 0 atom stereocenters. The highest BCUT2D eigenvalue weighted by Crippen LogP contribution is 1.85. The summed E-state index contributed by atoms with van der Waals surface area (Å²) in [4.78, 5) is 0. The van der Waals surface area contributed by atoms with E-state index in [0.717, 1.165) is 5.75 Å². The second kappa shape index (κ2) is 11.5. The van der Waals surface area contributed by atoms with Gasteiger partial charge in [0.2, 0.25) is 0 Å². The maximum atomic E-state index is 4.00. The van der Waals surface area contributed by atoms with Crippen LogP contribution in [-0.2, 0) is 0 Å². The average molecular weight is 166 g/mol. The molecule has 9 heavy (non-hydrogen) atoms. The van der Waals surface area contributed by atoms with E-state index in [9.17, 15) is 0 Å². The van der Waals surface area contributed by atoms with Crippen LogP contribution < -0.4 is 0 Å². The van der Waals surface area contributed by atoms with Crippen molar-refractivity contribution in [3.05, 3.63) is 0 Å². The molecule has 0 aromatic carbocycles. The lowest BCUT2D eigenvalue weighted by atomic mass is 10.4. The van der Waals surface area contributed by atoms with Crippen LogP contribution in [0.25, 0.3) is 0 Å². The van der Waals surface area contributed by atoms with Crippen molar-refractivity contribution in [2.75, 3.05) is 5.75 Å². The predicted octanol–water partition coefficient (Wildman–Crippen LogP) is 3.04. The minimum Gasteiger partial charge on any atom is -0.179 e. The fourth-order valence-corrected chi connectivity index (χ4v) is 0.474. The van der Waals surface area contributed by atoms with Gasteiger partial charge in [0.15, 0.2) is 0 Å². The maximum Gasteiger partial charge on any atom is -0.00399 e. The molecule has 0 N–H and O–H groups in total. The highest BCUT2D eigenvalue weighted by atomic mass is 32.1. The van der Waals surface area contributed by atoms with Crippen molar-refractivity contribution in [1.82, 2.24) is 0 Å². The lowest BCUT2D eigenvalue weighted by Crippen LogP contribution is -1.71. The first-order valence-electron chi connectivity index (χ1n) is 3.44. The van der Waals surface area contributed by atoms with Gasteiger partial charge in [-0.05, 0) is 17.4 Å². The molecule has 0 spiro atoms. The third-order valence-corrected chi connectivity index (χ3v) is 0.828. The molecule has 0 heterocycles. The Bertz CT molecular complexity index is 31.1. The van der Waals surface area contributed by atoms with Crippen LogP contribution >= 0.6 is 25.3 Å². The largest absolute Gasteiger partial charge is 0.179 e. The van der Waals surface area contributed by atoms with Crippen molar-refractivity contribution in [3.8, 4) is 0 Å². The van der Waals surface area contributed by atoms with Gasteiger partial charge in [-0.25, -0.2) is 0 Å². The minimum absolute atomic E-state index is 0.528. The van der Waals surface area contributed by atoms with Crippen molar-refractivity contribution in [1.29, 1.82) is 0 Å². The van der Waals surface area contributed by atoms with Crippen LogP contribution in [0.4, 0.5) is 0 Å². The molecular formula is C7H18S2. The highest BCUT2D eigenvalue weighted by molar-refractivity contribution is 7.80. The fraction of sp³-hybridized carbons (Fsp3) is 1.00. The van der Waals surface area contributed by atoms with Crippen molar-refractivity contribution in [3.63, 3.8) is 0 Å². The molecular weight excluding hydrogens is 148 g/mol. The molecule has 0 amide bonds. The number of hydrogen-bond donors (Lipinski definition) is 2. The van der Waals surface area contributed by atoms with Gasteiger partial charge in [0, 0.05) is 0 Å². The summed E-state index contributed by atoms with van der Waals surface area (Å²) in [6.07, 6.45) is 2.52. The van der Waals surface area contributed by atoms with E-state index in [1.54, 1.807) is 0 Å². The van der Waals surface area contributed by atoms with Gasteiger partial charge in [0.25, 0.3) is 0 Å². The van der Waals surface area contributed by atoms with Crippen molar-refractivity contribution in [2.24, 2.45) is 0 Å². The first kappa shape index (κ1) is 12.4. The van der Waals surface area contributed by atoms with Gasteiger partial charge < -0.3 is 0 Å². The predicted molar refractivity (Wildman–Crippen MR) is 52.9 cm³/mol. The standard InChI is InChI=1S/C4H10S.C3H8S/c1-2-3-4-5;1-3(2)4/h5H,2-4H2,1H3;3-4H,1-2H3. The van der Waals surface area contributed by atoms with E-state index in [2.05, 4.69) is 32.2 Å². The summed E-state index contributed by atoms with van der Waals surface area (Å²) in [5, 5.41) is 0.528. The van der Waals surface area contributed by atoms with Crippen LogP contribution in [0, 0.1) is 0 Å². The molecule has 0 bridgehead atoms. The van der Waals surface area contributed by atoms with E-state index in [0.29, 0.717) is 5.25 Å². The Kier molecular flexibility index (Phi) is 15.8.